The zero-order valence-corrected chi connectivity index (χ0v) is 9.96. The molecule has 18 heavy (non-hydrogen) atoms. The first kappa shape index (κ1) is 14.5. The number of halogens is 4. The van der Waals surface area contributed by atoms with Crippen LogP contribution in [0.3, 0.4) is 0 Å². The highest BCUT2D eigenvalue weighted by Gasteiger charge is 2.51. The summed E-state index contributed by atoms with van der Waals surface area (Å²) in [4.78, 5) is 12.1. The van der Waals surface area contributed by atoms with Crippen LogP contribution in [-0.2, 0) is 4.79 Å². The van der Waals surface area contributed by atoms with Gasteiger partial charge in [0.15, 0.2) is 0 Å². The second-order valence-electron chi connectivity index (χ2n) is 3.81. The number of rotatable bonds is 4. The molecule has 0 spiro atoms. The molecule has 1 aromatic carbocycles. The summed E-state index contributed by atoms with van der Waals surface area (Å²) in [7, 11) is 0. The standard InChI is InChI=1S/C12H13F4NO/c1-3-17(9-6-4-8(2)5-7-9)11(18)12(15,16)10(13)14/h4-7,10H,3H2,1-2H3. The van der Waals surface area contributed by atoms with E-state index in [1.807, 2.05) is 0 Å². The lowest BCUT2D eigenvalue weighted by atomic mass is 10.2. The summed E-state index contributed by atoms with van der Waals surface area (Å²) in [6.45, 7) is 3.12. The Morgan fingerprint density at radius 3 is 2.17 bits per heavy atom. The minimum absolute atomic E-state index is 0.107. The maximum absolute atomic E-state index is 13.0. The number of aryl methyl sites for hydroxylation is 1. The van der Waals surface area contributed by atoms with E-state index in [-0.39, 0.29) is 12.2 Å². The van der Waals surface area contributed by atoms with E-state index in [4.69, 9.17) is 0 Å². The Morgan fingerprint density at radius 2 is 1.78 bits per heavy atom. The first-order chi connectivity index (χ1) is 8.30. The maximum atomic E-state index is 13.0. The van der Waals surface area contributed by atoms with Gasteiger partial charge < -0.3 is 4.90 Å². The molecule has 0 aliphatic carbocycles. The van der Waals surface area contributed by atoms with Gasteiger partial charge in [0.05, 0.1) is 0 Å². The van der Waals surface area contributed by atoms with Crippen molar-refractivity contribution in [2.24, 2.45) is 0 Å². The Morgan fingerprint density at radius 1 is 1.28 bits per heavy atom. The normalized spacial score (nSPS) is 11.7. The van der Waals surface area contributed by atoms with Crippen molar-refractivity contribution in [3.63, 3.8) is 0 Å². The van der Waals surface area contributed by atoms with Gasteiger partial charge in [-0.15, -0.1) is 0 Å². The summed E-state index contributed by atoms with van der Waals surface area (Å²) in [6.07, 6.45) is -4.01. The summed E-state index contributed by atoms with van der Waals surface area (Å²) in [5.74, 6) is -6.55. The quantitative estimate of drug-likeness (QED) is 0.764. The third-order valence-electron chi connectivity index (χ3n) is 2.47. The van der Waals surface area contributed by atoms with Crippen molar-refractivity contribution in [1.29, 1.82) is 0 Å². The van der Waals surface area contributed by atoms with Crippen LogP contribution in [0.5, 0.6) is 0 Å². The summed E-state index contributed by atoms with van der Waals surface area (Å²) < 4.78 is 50.3. The van der Waals surface area contributed by atoms with E-state index in [0.717, 1.165) is 5.56 Å². The fourth-order valence-corrected chi connectivity index (χ4v) is 1.44. The van der Waals surface area contributed by atoms with Crippen molar-refractivity contribution in [3.05, 3.63) is 29.8 Å². The molecule has 6 heteroatoms. The van der Waals surface area contributed by atoms with Gasteiger partial charge in [-0.05, 0) is 26.0 Å². The van der Waals surface area contributed by atoms with E-state index in [9.17, 15) is 22.4 Å². The van der Waals surface area contributed by atoms with E-state index in [0.29, 0.717) is 4.90 Å². The maximum Gasteiger partial charge on any atom is 0.384 e. The molecule has 0 saturated carbocycles. The minimum Gasteiger partial charge on any atom is -0.307 e. The molecule has 0 aliphatic heterocycles. The van der Waals surface area contributed by atoms with Crippen molar-refractivity contribution in [2.45, 2.75) is 26.2 Å². The molecule has 1 rings (SSSR count). The van der Waals surface area contributed by atoms with Gasteiger partial charge in [0, 0.05) is 12.2 Å². The highest BCUT2D eigenvalue weighted by Crippen LogP contribution is 2.28. The number of carbonyl (C=O) groups is 1. The lowest BCUT2D eigenvalue weighted by molar-refractivity contribution is -0.166. The SMILES string of the molecule is CCN(C(=O)C(F)(F)C(F)F)c1ccc(C)cc1. The van der Waals surface area contributed by atoms with Crippen LogP contribution in [0.15, 0.2) is 24.3 Å². The third kappa shape index (κ3) is 2.80. The fraction of sp³-hybridized carbons (Fsp3) is 0.417. The first-order valence-electron chi connectivity index (χ1n) is 5.35. The summed E-state index contributed by atoms with van der Waals surface area (Å²) in [5.41, 5.74) is 1.05. The van der Waals surface area contributed by atoms with Gasteiger partial charge in [-0.1, -0.05) is 17.7 Å². The van der Waals surface area contributed by atoms with Crippen molar-refractivity contribution in [3.8, 4) is 0 Å². The topological polar surface area (TPSA) is 20.3 Å². The fourth-order valence-electron chi connectivity index (χ4n) is 1.44. The van der Waals surface area contributed by atoms with Gasteiger partial charge in [0.1, 0.15) is 0 Å². The average Bonchev–Trinajstić information content (AvgIpc) is 2.32. The van der Waals surface area contributed by atoms with Crippen LogP contribution in [0.4, 0.5) is 23.2 Å². The molecule has 0 fully saturated rings. The van der Waals surface area contributed by atoms with Crippen LogP contribution in [0.25, 0.3) is 0 Å². The lowest BCUT2D eigenvalue weighted by Gasteiger charge is -2.25. The molecule has 0 atom stereocenters. The van der Waals surface area contributed by atoms with Gasteiger partial charge in [-0.3, -0.25) is 4.79 Å². The van der Waals surface area contributed by atoms with Crippen LogP contribution in [-0.4, -0.2) is 24.8 Å². The number of amides is 1. The number of anilines is 1. The molecule has 1 aromatic rings. The number of nitrogens with zero attached hydrogens (tertiary/aromatic N) is 1. The van der Waals surface area contributed by atoms with E-state index in [1.54, 1.807) is 19.1 Å². The molecule has 0 N–H and O–H groups in total. The zero-order chi connectivity index (χ0) is 13.9. The molecular formula is C12H13F4NO. The highest BCUT2D eigenvalue weighted by molar-refractivity contribution is 5.98. The van der Waals surface area contributed by atoms with Crippen LogP contribution >= 0.6 is 0 Å². The summed E-state index contributed by atoms with van der Waals surface area (Å²) >= 11 is 0. The Balaban J connectivity index is 3.04. The molecular weight excluding hydrogens is 250 g/mol. The number of alkyl halides is 4. The largest absolute Gasteiger partial charge is 0.384 e. The Bertz CT molecular complexity index is 417. The van der Waals surface area contributed by atoms with E-state index in [2.05, 4.69) is 0 Å². The van der Waals surface area contributed by atoms with Crippen molar-refractivity contribution in [1.82, 2.24) is 0 Å². The number of carbonyl (C=O) groups excluding carboxylic acids is 1. The zero-order valence-electron chi connectivity index (χ0n) is 9.96. The van der Waals surface area contributed by atoms with Gasteiger partial charge in [0.25, 0.3) is 0 Å². The number of hydrogen-bond acceptors (Lipinski definition) is 1. The van der Waals surface area contributed by atoms with Gasteiger partial charge in [-0.25, -0.2) is 8.78 Å². The minimum atomic E-state index is -4.67. The molecule has 0 aromatic heterocycles. The molecule has 100 valence electrons. The predicted molar refractivity (Wildman–Crippen MR) is 60.2 cm³/mol. The second-order valence-corrected chi connectivity index (χ2v) is 3.81. The van der Waals surface area contributed by atoms with E-state index < -0.39 is 18.3 Å². The third-order valence-corrected chi connectivity index (χ3v) is 2.47. The predicted octanol–water partition coefficient (Wildman–Crippen LogP) is 3.25. The van der Waals surface area contributed by atoms with E-state index in [1.165, 1.54) is 19.1 Å². The van der Waals surface area contributed by atoms with Gasteiger partial charge >= 0.3 is 18.3 Å². The molecule has 0 bridgehead atoms. The van der Waals surface area contributed by atoms with Crippen molar-refractivity contribution in [2.75, 3.05) is 11.4 Å². The first-order valence-corrected chi connectivity index (χ1v) is 5.35. The molecule has 0 heterocycles. The monoisotopic (exact) mass is 263 g/mol. The van der Waals surface area contributed by atoms with Gasteiger partial charge in [0.2, 0.25) is 0 Å². The average molecular weight is 263 g/mol. The number of hydrogen-bond donors (Lipinski definition) is 0. The Labute approximate surface area is 102 Å². The number of benzene rings is 1. The van der Waals surface area contributed by atoms with Crippen molar-refractivity contribution >= 4 is 11.6 Å². The van der Waals surface area contributed by atoms with E-state index >= 15 is 0 Å². The Kier molecular flexibility index (Phi) is 4.32. The summed E-state index contributed by atoms with van der Waals surface area (Å²) in [5, 5.41) is 0. The Hall–Kier alpha value is -1.59. The van der Waals surface area contributed by atoms with Crippen LogP contribution in [0, 0.1) is 6.92 Å². The lowest BCUT2D eigenvalue weighted by Crippen LogP contribution is -2.47. The molecule has 0 unspecified atom stereocenters. The highest BCUT2D eigenvalue weighted by atomic mass is 19.3. The molecule has 0 aliphatic rings. The van der Waals surface area contributed by atoms with Gasteiger partial charge in [-0.2, -0.15) is 8.78 Å². The molecule has 2 nitrogen and oxygen atoms in total. The van der Waals surface area contributed by atoms with Crippen LogP contribution in [0.1, 0.15) is 12.5 Å². The van der Waals surface area contributed by atoms with Crippen molar-refractivity contribution < 1.29 is 22.4 Å². The molecule has 0 radical (unpaired) electrons. The molecule has 0 saturated heterocycles. The second kappa shape index (κ2) is 5.37. The smallest absolute Gasteiger partial charge is 0.307 e. The molecule has 1 amide bonds. The van der Waals surface area contributed by atoms with Crippen LogP contribution < -0.4 is 4.90 Å². The summed E-state index contributed by atoms with van der Waals surface area (Å²) in [6, 6.07) is 6.12. The van der Waals surface area contributed by atoms with Crippen LogP contribution in [0.2, 0.25) is 0 Å².